The maximum Gasteiger partial charge on any atom is 0.195 e. The average molecular weight is 256 g/mol. The molecule has 2 aromatic rings. The summed E-state index contributed by atoms with van der Waals surface area (Å²) >= 11 is 1.28. The van der Waals surface area contributed by atoms with Gasteiger partial charge in [-0.3, -0.25) is 0 Å². The molecule has 0 aliphatic heterocycles. The molecule has 0 saturated carbocycles. The highest BCUT2D eigenvalue weighted by atomic mass is 32.2. The van der Waals surface area contributed by atoms with Crippen molar-refractivity contribution in [3.05, 3.63) is 41.8 Å². The van der Waals surface area contributed by atoms with E-state index in [1.54, 1.807) is 6.26 Å². The molecule has 88 valence electrons. The fourth-order valence-electron chi connectivity index (χ4n) is 1.31. The van der Waals surface area contributed by atoms with Gasteiger partial charge in [0, 0.05) is 11.8 Å². The Hall–Kier alpha value is -1.56. The zero-order chi connectivity index (χ0) is 12.4. The summed E-state index contributed by atoms with van der Waals surface area (Å²) in [5, 5.41) is 0.437. The van der Waals surface area contributed by atoms with E-state index in [2.05, 4.69) is 9.97 Å². The van der Waals surface area contributed by atoms with Crippen molar-refractivity contribution in [2.24, 2.45) is 0 Å². The monoisotopic (exact) mass is 256 g/mol. The lowest BCUT2D eigenvalue weighted by atomic mass is 10.1. The number of hydrogen-bond acceptors (Lipinski definition) is 3. The fourth-order valence-corrected chi connectivity index (χ4v) is 1.67. The Balaban J connectivity index is 2.56. The molecule has 0 radical (unpaired) electrons. The Bertz CT molecular complexity index is 560. The lowest BCUT2D eigenvalue weighted by molar-refractivity contribution is 0.448. The Morgan fingerprint density at radius 2 is 1.82 bits per heavy atom. The molecule has 0 aliphatic rings. The largest absolute Gasteiger partial charge is 0.231 e. The highest BCUT2D eigenvalue weighted by Gasteiger charge is 2.15. The van der Waals surface area contributed by atoms with Crippen molar-refractivity contribution >= 4 is 11.8 Å². The number of thioether (sulfide) groups is 1. The molecule has 0 saturated heterocycles. The standard InChI is InChI=1S/C11H7F3N2S/c1-17-11-15-5-4-8(16-11)6-2-3-7(12)10(14)9(6)13/h2-5H,1H3. The van der Waals surface area contributed by atoms with Gasteiger partial charge in [0.1, 0.15) is 0 Å². The van der Waals surface area contributed by atoms with Crippen LogP contribution in [0.25, 0.3) is 11.3 Å². The molecular weight excluding hydrogens is 249 g/mol. The summed E-state index contributed by atoms with van der Waals surface area (Å²) in [4.78, 5) is 7.93. The van der Waals surface area contributed by atoms with Crippen LogP contribution in [0, 0.1) is 17.5 Å². The molecule has 17 heavy (non-hydrogen) atoms. The van der Waals surface area contributed by atoms with E-state index >= 15 is 0 Å². The van der Waals surface area contributed by atoms with Crippen molar-refractivity contribution in [3.63, 3.8) is 0 Å². The molecule has 0 aliphatic carbocycles. The summed E-state index contributed by atoms with van der Waals surface area (Å²) in [6.45, 7) is 0. The minimum atomic E-state index is -1.49. The number of benzene rings is 1. The second kappa shape index (κ2) is 4.75. The van der Waals surface area contributed by atoms with Crippen LogP contribution >= 0.6 is 11.8 Å². The maximum absolute atomic E-state index is 13.5. The van der Waals surface area contributed by atoms with Crippen LogP contribution in [0.5, 0.6) is 0 Å². The molecule has 1 heterocycles. The highest BCUT2D eigenvalue weighted by molar-refractivity contribution is 7.98. The van der Waals surface area contributed by atoms with E-state index in [0.717, 1.165) is 12.1 Å². The predicted molar refractivity (Wildman–Crippen MR) is 59.1 cm³/mol. The van der Waals surface area contributed by atoms with E-state index in [9.17, 15) is 13.2 Å². The van der Waals surface area contributed by atoms with Crippen molar-refractivity contribution in [3.8, 4) is 11.3 Å². The van der Waals surface area contributed by atoms with Gasteiger partial charge in [0.2, 0.25) is 0 Å². The molecule has 0 unspecified atom stereocenters. The number of nitrogens with zero attached hydrogens (tertiary/aromatic N) is 2. The Morgan fingerprint density at radius 3 is 2.53 bits per heavy atom. The van der Waals surface area contributed by atoms with Crippen LogP contribution in [0.1, 0.15) is 0 Å². The van der Waals surface area contributed by atoms with Crippen molar-refractivity contribution in [2.75, 3.05) is 6.26 Å². The first-order valence-corrected chi connectivity index (χ1v) is 5.87. The van der Waals surface area contributed by atoms with Gasteiger partial charge in [-0.25, -0.2) is 23.1 Å². The fraction of sp³-hybridized carbons (Fsp3) is 0.0909. The smallest absolute Gasteiger partial charge is 0.195 e. The average Bonchev–Trinajstić information content (AvgIpc) is 2.36. The molecule has 0 bridgehead atoms. The molecule has 6 heteroatoms. The predicted octanol–water partition coefficient (Wildman–Crippen LogP) is 3.28. The maximum atomic E-state index is 13.5. The van der Waals surface area contributed by atoms with E-state index in [0.29, 0.717) is 5.16 Å². The number of hydrogen-bond donors (Lipinski definition) is 0. The van der Waals surface area contributed by atoms with Crippen LogP contribution in [-0.4, -0.2) is 16.2 Å². The summed E-state index contributed by atoms with van der Waals surface area (Å²) in [5.41, 5.74) is 0.141. The van der Waals surface area contributed by atoms with E-state index in [-0.39, 0.29) is 11.3 Å². The zero-order valence-corrected chi connectivity index (χ0v) is 9.56. The zero-order valence-electron chi connectivity index (χ0n) is 8.75. The SMILES string of the molecule is CSc1nccc(-c2ccc(F)c(F)c2F)n1. The van der Waals surface area contributed by atoms with Gasteiger partial charge in [-0.2, -0.15) is 0 Å². The van der Waals surface area contributed by atoms with Crippen LogP contribution in [-0.2, 0) is 0 Å². The van der Waals surface area contributed by atoms with Crippen LogP contribution in [0.15, 0.2) is 29.6 Å². The Kier molecular flexibility index (Phi) is 3.33. The normalized spacial score (nSPS) is 10.6. The van der Waals surface area contributed by atoms with Crippen molar-refractivity contribution in [2.45, 2.75) is 5.16 Å². The van der Waals surface area contributed by atoms with Crippen LogP contribution < -0.4 is 0 Å². The first-order valence-electron chi connectivity index (χ1n) is 4.64. The summed E-state index contributed by atoms with van der Waals surface area (Å²) < 4.78 is 39.3. The summed E-state index contributed by atoms with van der Waals surface area (Å²) in [7, 11) is 0. The molecule has 1 aromatic carbocycles. The van der Waals surface area contributed by atoms with Crippen molar-refractivity contribution in [1.82, 2.24) is 9.97 Å². The van der Waals surface area contributed by atoms with Gasteiger partial charge in [0.15, 0.2) is 22.6 Å². The van der Waals surface area contributed by atoms with E-state index < -0.39 is 17.5 Å². The molecule has 2 nitrogen and oxygen atoms in total. The van der Waals surface area contributed by atoms with Crippen LogP contribution in [0.4, 0.5) is 13.2 Å². The quantitative estimate of drug-likeness (QED) is 0.468. The molecule has 1 aromatic heterocycles. The Morgan fingerprint density at radius 1 is 1.06 bits per heavy atom. The number of rotatable bonds is 2. The van der Waals surface area contributed by atoms with Gasteiger partial charge in [-0.15, -0.1) is 0 Å². The minimum Gasteiger partial charge on any atom is -0.231 e. The van der Waals surface area contributed by atoms with E-state index in [4.69, 9.17) is 0 Å². The van der Waals surface area contributed by atoms with Crippen LogP contribution in [0.3, 0.4) is 0 Å². The lowest BCUT2D eigenvalue weighted by Gasteiger charge is -2.04. The highest BCUT2D eigenvalue weighted by Crippen LogP contribution is 2.25. The van der Waals surface area contributed by atoms with Gasteiger partial charge in [0.25, 0.3) is 0 Å². The molecule has 0 amide bonds. The summed E-state index contributed by atoms with van der Waals surface area (Å²) in [6, 6.07) is 3.46. The molecule has 0 N–H and O–H groups in total. The summed E-state index contributed by atoms with van der Waals surface area (Å²) in [6.07, 6.45) is 3.20. The van der Waals surface area contributed by atoms with Gasteiger partial charge in [0.05, 0.1) is 5.69 Å². The summed E-state index contributed by atoms with van der Waals surface area (Å²) in [5.74, 6) is -3.95. The number of halogens is 3. The second-order valence-electron chi connectivity index (χ2n) is 3.15. The Labute approximate surface area is 99.9 Å². The second-order valence-corrected chi connectivity index (χ2v) is 3.92. The molecule has 2 rings (SSSR count). The number of aromatic nitrogens is 2. The van der Waals surface area contributed by atoms with Crippen molar-refractivity contribution < 1.29 is 13.2 Å². The first kappa shape index (κ1) is 11.9. The lowest BCUT2D eigenvalue weighted by Crippen LogP contribution is -1.96. The van der Waals surface area contributed by atoms with Gasteiger partial charge in [-0.1, -0.05) is 11.8 Å². The molecular formula is C11H7F3N2S. The van der Waals surface area contributed by atoms with E-state index in [1.165, 1.54) is 24.0 Å². The van der Waals surface area contributed by atoms with Gasteiger partial charge in [-0.05, 0) is 24.5 Å². The molecule has 0 spiro atoms. The third kappa shape index (κ3) is 2.26. The third-order valence-electron chi connectivity index (χ3n) is 2.13. The topological polar surface area (TPSA) is 25.8 Å². The van der Waals surface area contributed by atoms with Gasteiger partial charge < -0.3 is 0 Å². The molecule has 0 atom stereocenters. The minimum absolute atomic E-state index is 0.0819. The van der Waals surface area contributed by atoms with Gasteiger partial charge >= 0.3 is 0 Å². The van der Waals surface area contributed by atoms with Crippen molar-refractivity contribution in [1.29, 1.82) is 0 Å². The third-order valence-corrected chi connectivity index (χ3v) is 2.69. The van der Waals surface area contributed by atoms with Crippen LogP contribution in [0.2, 0.25) is 0 Å². The first-order chi connectivity index (χ1) is 8.13. The molecule has 0 fully saturated rings. The van der Waals surface area contributed by atoms with E-state index in [1.807, 2.05) is 0 Å².